The number of hydrogen-bond acceptors (Lipinski definition) is 4. The van der Waals surface area contributed by atoms with Gasteiger partial charge in [-0.25, -0.2) is 4.98 Å². The van der Waals surface area contributed by atoms with Crippen molar-refractivity contribution >= 4 is 0 Å². The van der Waals surface area contributed by atoms with Gasteiger partial charge in [-0.15, -0.1) is 0 Å². The second-order valence-electron chi connectivity index (χ2n) is 5.01. The third-order valence-electron chi connectivity index (χ3n) is 3.64. The van der Waals surface area contributed by atoms with Gasteiger partial charge in [-0.2, -0.15) is 0 Å². The van der Waals surface area contributed by atoms with E-state index >= 15 is 0 Å². The summed E-state index contributed by atoms with van der Waals surface area (Å²) in [5.41, 5.74) is -0.734. The highest BCUT2D eigenvalue weighted by atomic mass is 16.5. The number of ether oxygens (including phenoxy) is 1. The van der Waals surface area contributed by atoms with Crippen molar-refractivity contribution in [3.63, 3.8) is 0 Å². The summed E-state index contributed by atoms with van der Waals surface area (Å²) >= 11 is 0. The first kappa shape index (κ1) is 13.5. The Balaban J connectivity index is 1.83. The van der Waals surface area contributed by atoms with E-state index in [1.54, 1.807) is 0 Å². The van der Waals surface area contributed by atoms with Crippen molar-refractivity contribution in [3.05, 3.63) is 18.2 Å². The van der Waals surface area contributed by atoms with Crippen LogP contribution in [0.3, 0.4) is 0 Å². The molecule has 5 nitrogen and oxygen atoms in total. The number of aliphatic hydroxyl groups is 1. The molecule has 2 N–H and O–H groups in total. The number of imidazole rings is 1. The van der Waals surface area contributed by atoms with Gasteiger partial charge in [0.15, 0.2) is 0 Å². The largest absolute Gasteiger partial charge is 0.386 e. The predicted molar refractivity (Wildman–Crippen MR) is 69.2 cm³/mol. The van der Waals surface area contributed by atoms with Crippen LogP contribution in [-0.2, 0) is 17.8 Å². The van der Waals surface area contributed by atoms with Crippen molar-refractivity contribution in [1.29, 1.82) is 0 Å². The lowest BCUT2D eigenvalue weighted by molar-refractivity contribution is -0.0264. The molecule has 2 unspecified atom stereocenters. The first-order chi connectivity index (χ1) is 8.65. The van der Waals surface area contributed by atoms with E-state index < -0.39 is 5.60 Å². The number of aromatic nitrogens is 2. The number of nitrogens with one attached hydrogen (secondary N) is 1. The molecule has 0 spiro atoms. The van der Waals surface area contributed by atoms with Crippen LogP contribution in [0.2, 0.25) is 0 Å². The zero-order valence-electron chi connectivity index (χ0n) is 11.2. The van der Waals surface area contributed by atoms with E-state index in [2.05, 4.69) is 21.8 Å². The van der Waals surface area contributed by atoms with Gasteiger partial charge in [0.2, 0.25) is 0 Å². The molecule has 1 aromatic heterocycles. The molecule has 1 saturated heterocycles. The van der Waals surface area contributed by atoms with Gasteiger partial charge in [-0.3, -0.25) is 0 Å². The Morgan fingerprint density at radius 1 is 1.67 bits per heavy atom. The van der Waals surface area contributed by atoms with Crippen molar-refractivity contribution in [1.82, 2.24) is 14.9 Å². The van der Waals surface area contributed by atoms with Crippen molar-refractivity contribution in [3.8, 4) is 0 Å². The average molecular weight is 253 g/mol. The van der Waals surface area contributed by atoms with Crippen LogP contribution in [0, 0.1) is 0 Å². The standard InChI is InChI=1S/C13H23N3O2/c1-3-6-16-7-5-15-12(16)9-14-10-13(17)4-8-18-11(13)2/h5,7,11,14,17H,3-4,6,8-10H2,1-2H3. The molecule has 1 fully saturated rings. The first-order valence-corrected chi connectivity index (χ1v) is 6.70. The zero-order chi connectivity index (χ0) is 13.0. The van der Waals surface area contributed by atoms with Crippen molar-refractivity contribution in [2.24, 2.45) is 0 Å². The molecular weight excluding hydrogens is 230 g/mol. The summed E-state index contributed by atoms with van der Waals surface area (Å²) in [5, 5.41) is 13.6. The maximum Gasteiger partial charge on any atom is 0.122 e. The fraction of sp³-hybridized carbons (Fsp3) is 0.769. The van der Waals surface area contributed by atoms with Crippen molar-refractivity contribution < 1.29 is 9.84 Å². The molecule has 2 heterocycles. The van der Waals surface area contributed by atoms with E-state index in [1.807, 2.05) is 19.3 Å². The Morgan fingerprint density at radius 2 is 2.50 bits per heavy atom. The van der Waals surface area contributed by atoms with E-state index in [9.17, 15) is 5.11 Å². The summed E-state index contributed by atoms with van der Waals surface area (Å²) in [6.45, 7) is 6.93. The third-order valence-corrected chi connectivity index (χ3v) is 3.64. The maximum atomic E-state index is 10.3. The highest BCUT2D eigenvalue weighted by molar-refractivity contribution is 4.95. The molecule has 0 saturated carbocycles. The molecule has 1 aliphatic rings. The monoisotopic (exact) mass is 253 g/mol. The fourth-order valence-corrected chi connectivity index (χ4v) is 2.35. The lowest BCUT2D eigenvalue weighted by atomic mass is 9.97. The Labute approximate surface area is 108 Å². The molecule has 0 bridgehead atoms. The van der Waals surface area contributed by atoms with Crippen LogP contribution in [0.15, 0.2) is 12.4 Å². The number of nitrogens with zero attached hydrogens (tertiary/aromatic N) is 2. The minimum atomic E-state index is -0.734. The molecule has 1 aliphatic heterocycles. The van der Waals surface area contributed by atoms with Gasteiger partial charge in [0, 0.05) is 38.5 Å². The average Bonchev–Trinajstić information content (AvgIpc) is 2.89. The molecule has 5 heteroatoms. The highest BCUT2D eigenvalue weighted by Gasteiger charge is 2.38. The second-order valence-corrected chi connectivity index (χ2v) is 5.01. The summed E-state index contributed by atoms with van der Waals surface area (Å²) in [5.74, 6) is 1.02. The summed E-state index contributed by atoms with van der Waals surface area (Å²) < 4.78 is 7.55. The topological polar surface area (TPSA) is 59.3 Å². The Morgan fingerprint density at radius 3 is 3.17 bits per heavy atom. The predicted octanol–water partition coefficient (Wildman–Crippen LogP) is 0.923. The molecule has 0 aliphatic carbocycles. The quantitative estimate of drug-likeness (QED) is 0.791. The highest BCUT2D eigenvalue weighted by Crippen LogP contribution is 2.24. The number of rotatable bonds is 6. The van der Waals surface area contributed by atoms with Crippen LogP contribution in [-0.4, -0.2) is 39.5 Å². The molecule has 2 atom stereocenters. The van der Waals surface area contributed by atoms with Crippen LogP contribution in [0.4, 0.5) is 0 Å². The van der Waals surface area contributed by atoms with Crippen LogP contribution < -0.4 is 5.32 Å². The smallest absolute Gasteiger partial charge is 0.122 e. The molecule has 1 aromatic rings. The molecular formula is C13H23N3O2. The number of aryl methyl sites for hydroxylation is 1. The Kier molecular flexibility index (Phi) is 4.37. The maximum absolute atomic E-state index is 10.3. The minimum absolute atomic E-state index is 0.0969. The van der Waals surface area contributed by atoms with E-state index in [4.69, 9.17) is 4.74 Å². The minimum Gasteiger partial charge on any atom is -0.386 e. The lowest BCUT2D eigenvalue weighted by Crippen LogP contribution is -2.45. The van der Waals surface area contributed by atoms with Crippen LogP contribution in [0.1, 0.15) is 32.5 Å². The first-order valence-electron chi connectivity index (χ1n) is 6.70. The fourth-order valence-electron chi connectivity index (χ4n) is 2.35. The van der Waals surface area contributed by atoms with Gasteiger partial charge in [-0.1, -0.05) is 6.92 Å². The molecule has 0 aromatic carbocycles. The second kappa shape index (κ2) is 5.82. The zero-order valence-corrected chi connectivity index (χ0v) is 11.2. The van der Waals surface area contributed by atoms with E-state index in [1.165, 1.54) is 0 Å². The molecule has 2 rings (SSSR count). The summed E-state index contributed by atoms with van der Waals surface area (Å²) in [7, 11) is 0. The van der Waals surface area contributed by atoms with Gasteiger partial charge in [0.1, 0.15) is 11.4 Å². The molecule has 0 radical (unpaired) electrons. The molecule has 18 heavy (non-hydrogen) atoms. The van der Waals surface area contributed by atoms with Crippen LogP contribution in [0.5, 0.6) is 0 Å². The van der Waals surface area contributed by atoms with E-state index in [0.29, 0.717) is 26.1 Å². The molecule has 0 amide bonds. The third kappa shape index (κ3) is 2.91. The lowest BCUT2D eigenvalue weighted by Gasteiger charge is -2.26. The van der Waals surface area contributed by atoms with E-state index in [0.717, 1.165) is 18.8 Å². The van der Waals surface area contributed by atoms with Crippen molar-refractivity contribution in [2.75, 3.05) is 13.2 Å². The van der Waals surface area contributed by atoms with Crippen LogP contribution >= 0.6 is 0 Å². The Hall–Kier alpha value is -0.910. The van der Waals surface area contributed by atoms with E-state index in [-0.39, 0.29) is 6.10 Å². The van der Waals surface area contributed by atoms with Crippen LogP contribution in [0.25, 0.3) is 0 Å². The Bertz CT molecular complexity index is 380. The normalized spacial score (nSPS) is 27.8. The summed E-state index contributed by atoms with van der Waals surface area (Å²) in [6.07, 6.45) is 5.52. The van der Waals surface area contributed by atoms with Gasteiger partial charge in [0.25, 0.3) is 0 Å². The van der Waals surface area contributed by atoms with Gasteiger partial charge in [-0.05, 0) is 13.3 Å². The van der Waals surface area contributed by atoms with Gasteiger partial charge < -0.3 is 19.7 Å². The van der Waals surface area contributed by atoms with Gasteiger partial charge in [0.05, 0.1) is 12.6 Å². The summed E-state index contributed by atoms with van der Waals surface area (Å²) in [4.78, 5) is 4.33. The molecule has 102 valence electrons. The SMILES string of the molecule is CCCn1ccnc1CNCC1(O)CCOC1C. The van der Waals surface area contributed by atoms with Crippen molar-refractivity contribution in [2.45, 2.75) is 51.5 Å². The summed E-state index contributed by atoms with van der Waals surface area (Å²) in [6, 6.07) is 0. The number of hydrogen-bond donors (Lipinski definition) is 2. The van der Waals surface area contributed by atoms with Gasteiger partial charge >= 0.3 is 0 Å².